The molecule has 2 N–H and O–H groups in total. The van der Waals surface area contributed by atoms with Gasteiger partial charge in [-0.3, -0.25) is 0 Å². The highest BCUT2D eigenvalue weighted by Gasteiger charge is 2.20. The largest absolute Gasteiger partial charge is 0.387 e. The van der Waals surface area contributed by atoms with Crippen molar-refractivity contribution >= 4 is 10.8 Å². The van der Waals surface area contributed by atoms with E-state index in [9.17, 15) is 5.11 Å². The highest BCUT2D eigenvalue weighted by atomic mass is 16.3. The molecule has 0 bridgehead atoms. The summed E-state index contributed by atoms with van der Waals surface area (Å²) >= 11 is 0. The van der Waals surface area contributed by atoms with Gasteiger partial charge < -0.3 is 10.4 Å². The van der Waals surface area contributed by atoms with E-state index in [1.807, 2.05) is 49.4 Å². The average molecular weight is 305 g/mol. The number of hydrogen-bond donors (Lipinski definition) is 2. The molecule has 3 aromatic carbocycles. The molecule has 0 saturated carbocycles. The molecule has 3 aromatic rings. The smallest absolute Gasteiger partial charge is 0.0946 e. The summed E-state index contributed by atoms with van der Waals surface area (Å²) in [5, 5.41) is 16.6. The molecule has 23 heavy (non-hydrogen) atoms. The van der Waals surface area contributed by atoms with Crippen molar-refractivity contribution in [2.45, 2.75) is 32.0 Å². The molecular weight excluding hydrogens is 282 g/mol. The monoisotopic (exact) mass is 305 g/mol. The first-order valence-electron chi connectivity index (χ1n) is 8.13. The molecule has 0 aliphatic carbocycles. The van der Waals surface area contributed by atoms with Crippen LogP contribution in [0.4, 0.5) is 0 Å². The third kappa shape index (κ3) is 3.44. The third-order valence-corrected chi connectivity index (χ3v) is 4.43. The second-order valence-electron chi connectivity index (χ2n) is 6.10. The Hall–Kier alpha value is -2.16. The SMILES string of the molecule is C[C@H](N[C@H](C)c1ccccc1)[C@@H](O)c1cccc2ccccc12. The van der Waals surface area contributed by atoms with E-state index in [1.54, 1.807) is 0 Å². The molecule has 0 unspecified atom stereocenters. The molecule has 2 heteroatoms. The van der Waals surface area contributed by atoms with Gasteiger partial charge in [0.05, 0.1) is 6.10 Å². The van der Waals surface area contributed by atoms with E-state index < -0.39 is 6.10 Å². The standard InChI is InChI=1S/C21H23NO/c1-15(17-9-4-3-5-10-17)22-16(2)21(23)20-14-8-12-18-11-6-7-13-19(18)20/h3-16,21-23H,1-2H3/t15-,16+,21-/m1/s1. The van der Waals surface area contributed by atoms with Gasteiger partial charge in [0.15, 0.2) is 0 Å². The van der Waals surface area contributed by atoms with Crippen LogP contribution in [-0.2, 0) is 0 Å². The Labute approximate surface area is 137 Å². The molecule has 0 aromatic heterocycles. The van der Waals surface area contributed by atoms with Crippen LogP contribution >= 0.6 is 0 Å². The maximum atomic E-state index is 10.8. The zero-order valence-electron chi connectivity index (χ0n) is 13.6. The van der Waals surface area contributed by atoms with Crippen LogP contribution in [-0.4, -0.2) is 11.1 Å². The van der Waals surface area contributed by atoms with Crippen LogP contribution in [0.2, 0.25) is 0 Å². The fourth-order valence-corrected chi connectivity index (χ4v) is 3.10. The first kappa shape index (κ1) is 15.7. The molecule has 0 aliphatic rings. The minimum Gasteiger partial charge on any atom is -0.387 e. The van der Waals surface area contributed by atoms with E-state index in [4.69, 9.17) is 0 Å². The normalized spacial score (nSPS) is 15.3. The average Bonchev–Trinajstić information content (AvgIpc) is 2.61. The number of fused-ring (bicyclic) bond motifs is 1. The fraction of sp³-hybridized carbons (Fsp3) is 0.238. The lowest BCUT2D eigenvalue weighted by Gasteiger charge is -2.26. The van der Waals surface area contributed by atoms with Gasteiger partial charge in [0.25, 0.3) is 0 Å². The summed E-state index contributed by atoms with van der Waals surface area (Å²) in [5.41, 5.74) is 2.20. The molecule has 0 saturated heterocycles. The second kappa shape index (κ2) is 6.95. The molecule has 0 spiro atoms. The highest BCUT2D eigenvalue weighted by molar-refractivity contribution is 5.86. The lowest BCUT2D eigenvalue weighted by molar-refractivity contribution is 0.132. The zero-order chi connectivity index (χ0) is 16.2. The van der Waals surface area contributed by atoms with Crippen molar-refractivity contribution < 1.29 is 5.11 Å². The molecule has 118 valence electrons. The first-order valence-corrected chi connectivity index (χ1v) is 8.13. The van der Waals surface area contributed by atoms with E-state index in [0.717, 1.165) is 16.3 Å². The van der Waals surface area contributed by atoms with Crippen molar-refractivity contribution in [1.29, 1.82) is 0 Å². The van der Waals surface area contributed by atoms with Crippen molar-refractivity contribution in [1.82, 2.24) is 5.32 Å². The summed E-state index contributed by atoms with van der Waals surface area (Å²) < 4.78 is 0. The quantitative estimate of drug-likeness (QED) is 0.721. The number of nitrogens with one attached hydrogen (secondary N) is 1. The molecule has 0 aliphatic heterocycles. The van der Waals surface area contributed by atoms with Crippen LogP contribution < -0.4 is 5.32 Å². The Kier molecular flexibility index (Phi) is 4.75. The van der Waals surface area contributed by atoms with Gasteiger partial charge in [-0.05, 0) is 35.7 Å². The number of benzene rings is 3. The van der Waals surface area contributed by atoms with Crippen molar-refractivity contribution in [3.8, 4) is 0 Å². The van der Waals surface area contributed by atoms with E-state index in [1.165, 1.54) is 5.56 Å². The lowest BCUT2D eigenvalue weighted by atomic mass is 9.96. The summed E-state index contributed by atoms with van der Waals surface area (Å²) in [6, 6.07) is 24.8. The Balaban J connectivity index is 1.80. The molecule has 2 nitrogen and oxygen atoms in total. The number of hydrogen-bond acceptors (Lipinski definition) is 2. The van der Waals surface area contributed by atoms with Crippen LogP contribution in [0.25, 0.3) is 10.8 Å². The van der Waals surface area contributed by atoms with Crippen LogP contribution in [0.1, 0.15) is 37.1 Å². The molecule has 3 atom stereocenters. The fourth-order valence-electron chi connectivity index (χ4n) is 3.10. The molecule has 0 heterocycles. The molecular formula is C21H23NO. The summed E-state index contributed by atoms with van der Waals surface area (Å²) in [5.74, 6) is 0. The van der Waals surface area contributed by atoms with E-state index in [-0.39, 0.29) is 12.1 Å². The Morgan fingerprint density at radius 3 is 2.22 bits per heavy atom. The number of aliphatic hydroxyl groups excluding tert-OH is 1. The minimum absolute atomic E-state index is 0.0454. The van der Waals surface area contributed by atoms with Crippen molar-refractivity contribution in [2.24, 2.45) is 0 Å². The Bertz CT molecular complexity index is 764. The van der Waals surface area contributed by atoms with Crippen molar-refractivity contribution in [2.75, 3.05) is 0 Å². The Morgan fingerprint density at radius 1 is 0.783 bits per heavy atom. The zero-order valence-corrected chi connectivity index (χ0v) is 13.6. The lowest BCUT2D eigenvalue weighted by Crippen LogP contribution is -2.34. The van der Waals surface area contributed by atoms with Crippen LogP contribution in [0.15, 0.2) is 72.8 Å². The summed E-state index contributed by atoms with van der Waals surface area (Å²) in [7, 11) is 0. The third-order valence-electron chi connectivity index (χ3n) is 4.43. The maximum Gasteiger partial charge on any atom is 0.0946 e. The number of rotatable bonds is 5. The van der Waals surface area contributed by atoms with Gasteiger partial charge in [-0.15, -0.1) is 0 Å². The summed E-state index contributed by atoms with van der Waals surface area (Å²) in [6.07, 6.45) is -0.549. The number of aliphatic hydroxyl groups is 1. The van der Waals surface area contributed by atoms with Gasteiger partial charge in [-0.25, -0.2) is 0 Å². The van der Waals surface area contributed by atoms with Crippen LogP contribution in [0.5, 0.6) is 0 Å². The second-order valence-corrected chi connectivity index (χ2v) is 6.10. The van der Waals surface area contributed by atoms with Gasteiger partial charge in [0.1, 0.15) is 0 Å². The predicted octanol–water partition coefficient (Wildman–Crippen LogP) is 4.61. The van der Waals surface area contributed by atoms with Crippen molar-refractivity contribution in [3.05, 3.63) is 83.9 Å². The highest BCUT2D eigenvalue weighted by Crippen LogP contribution is 2.27. The Morgan fingerprint density at radius 2 is 1.43 bits per heavy atom. The van der Waals surface area contributed by atoms with Crippen molar-refractivity contribution in [3.63, 3.8) is 0 Å². The van der Waals surface area contributed by atoms with Gasteiger partial charge >= 0.3 is 0 Å². The summed E-state index contributed by atoms with van der Waals surface area (Å²) in [6.45, 7) is 4.16. The van der Waals surface area contributed by atoms with Gasteiger partial charge in [-0.2, -0.15) is 0 Å². The molecule has 0 amide bonds. The van der Waals surface area contributed by atoms with Gasteiger partial charge in [0.2, 0.25) is 0 Å². The van der Waals surface area contributed by atoms with Crippen LogP contribution in [0.3, 0.4) is 0 Å². The molecule has 0 radical (unpaired) electrons. The molecule has 3 rings (SSSR count). The predicted molar refractivity (Wildman–Crippen MR) is 96.4 cm³/mol. The molecule has 0 fully saturated rings. The topological polar surface area (TPSA) is 32.3 Å². The van der Waals surface area contributed by atoms with E-state index >= 15 is 0 Å². The van der Waals surface area contributed by atoms with Gasteiger partial charge in [0, 0.05) is 12.1 Å². The van der Waals surface area contributed by atoms with Crippen LogP contribution in [0, 0.1) is 0 Å². The van der Waals surface area contributed by atoms with Gasteiger partial charge in [-0.1, -0.05) is 72.8 Å². The minimum atomic E-state index is -0.549. The maximum absolute atomic E-state index is 10.8. The first-order chi connectivity index (χ1) is 11.2. The van der Waals surface area contributed by atoms with E-state index in [2.05, 4.69) is 42.6 Å². The van der Waals surface area contributed by atoms with E-state index in [0.29, 0.717) is 0 Å². The summed E-state index contributed by atoms with van der Waals surface area (Å²) in [4.78, 5) is 0.